The number of methoxy groups -OCH3 is 2. The quantitative estimate of drug-likeness (QED) is 0.471. The Morgan fingerprint density at radius 3 is 2.54 bits per heavy atom. The molecule has 2 rings (SSSR count). The van der Waals surface area contributed by atoms with Crippen molar-refractivity contribution in [3.05, 3.63) is 24.5 Å². The van der Waals surface area contributed by atoms with Crippen LogP contribution in [0, 0.1) is 5.92 Å². The van der Waals surface area contributed by atoms with E-state index < -0.39 is 18.3 Å². The van der Waals surface area contributed by atoms with Crippen molar-refractivity contribution < 1.29 is 34.0 Å². The molecule has 11 heteroatoms. The van der Waals surface area contributed by atoms with Gasteiger partial charge in [-0.25, -0.2) is 0 Å². The number of rotatable bonds is 8. The maximum Gasteiger partial charge on any atom is 0.248 e. The lowest BCUT2D eigenvalue weighted by atomic mass is 10.00. The first kappa shape index (κ1) is 31.5. The average Bonchev–Trinajstić information content (AvgIpc) is 2.88. The molecule has 0 saturated carbocycles. The number of ether oxygens (including phenoxy) is 3. The van der Waals surface area contributed by atoms with Crippen LogP contribution in [0.5, 0.6) is 0 Å². The second-order valence-corrected chi connectivity index (χ2v) is 10.7. The van der Waals surface area contributed by atoms with E-state index in [9.17, 15) is 19.8 Å². The fourth-order valence-corrected chi connectivity index (χ4v) is 5.11. The number of amides is 2. The monoisotopic (exact) mass is 541 g/mol. The number of thioether (sulfide) groups is 1. The Morgan fingerprint density at radius 1 is 1.16 bits per heavy atom. The lowest BCUT2D eigenvalue weighted by Crippen LogP contribution is -2.54. The average molecular weight is 542 g/mol. The van der Waals surface area contributed by atoms with Crippen LogP contribution >= 0.6 is 11.8 Å². The first-order chi connectivity index (χ1) is 17.8. The van der Waals surface area contributed by atoms with E-state index in [1.165, 1.54) is 26.0 Å². The maximum absolute atomic E-state index is 13.6. The van der Waals surface area contributed by atoms with Crippen molar-refractivity contribution in [2.45, 2.75) is 62.4 Å². The van der Waals surface area contributed by atoms with Crippen molar-refractivity contribution in [3.8, 4) is 0 Å². The molecular weight excluding hydrogens is 498 g/mol. The molecule has 1 aliphatic rings. The minimum Gasteiger partial charge on any atom is -0.388 e. The summed E-state index contributed by atoms with van der Waals surface area (Å²) in [5, 5.41) is 21.1. The van der Waals surface area contributed by atoms with Crippen LogP contribution in [0.4, 0.5) is 0 Å². The highest BCUT2D eigenvalue weighted by Crippen LogP contribution is 2.21. The molecule has 1 aliphatic heterocycles. The molecule has 2 amide bonds. The number of nitrogens with zero attached hydrogens (tertiary/aromatic N) is 3. The predicted octanol–water partition coefficient (Wildman–Crippen LogP) is 1.44. The maximum atomic E-state index is 13.6. The van der Waals surface area contributed by atoms with Crippen LogP contribution in [0.25, 0.3) is 0 Å². The molecule has 0 aliphatic carbocycles. The topological polar surface area (TPSA) is 122 Å². The van der Waals surface area contributed by atoms with E-state index in [1.807, 2.05) is 17.0 Å². The van der Waals surface area contributed by atoms with E-state index in [4.69, 9.17) is 14.2 Å². The number of carbonyl (C=O) groups is 2. The van der Waals surface area contributed by atoms with Crippen LogP contribution in [0.2, 0.25) is 0 Å². The molecule has 0 unspecified atom stereocenters. The van der Waals surface area contributed by atoms with E-state index >= 15 is 0 Å². The Hall–Kier alpha value is -1.76. The van der Waals surface area contributed by atoms with Crippen molar-refractivity contribution in [1.82, 2.24) is 14.8 Å². The summed E-state index contributed by atoms with van der Waals surface area (Å²) in [6, 6.07) is 3.51. The second kappa shape index (κ2) is 17.0. The Balaban J connectivity index is 2.34. The van der Waals surface area contributed by atoms with Gasteiger partial charge in [-0.05, 0) is 37.3 Å². The summed E-state index contributed by atoms with van der Waals surface area (Å²) < 4.78 is 16.2. The summed E-state index contributed by atoms with van der Waals surface area (Å²) in [5.74, 6) is 0.271. The molecule has 0 aromatic carbocycles. The van der Waals surface area contributed by atoms with Gasteiger partial charge in [0.2, 0.25) is 11.8 Å². The number of pyridine rings is 1. The van der Waals surface area contributed by atoms with E-state index in [0.717, 1.165) is 4.90 Å². The van der Waals surface area contributed by atoms with Gasteiger partial charge in [-0.2, -0.15) is 0 Å². The molecule has 1 saturated heterocycles. The van der Waals surface area contributed by atoms with Crippen LogP contribution in [0.3, 0.4) is 0 Å². The van der Waals surface area contributed by atoms with Gasteiger partial charge in [-0.1, -0.05) is 13.8 Å². The molecule has 0 spiro atoms. The van der Waals surface area contributed by atoms with Crippen LogP contribution in [-0.2, 0) is 23.8 Å². The van der Waals surface area contributed by atoms with Gasteiger partial charge in [-0.3, -0.25) is 14.6 Å². The zero-order chi connectivity index (χ0) is 27.2. The first-order valence-electron chi connectivity index (χ1n) is 12.8. The SMILES string of the molecule is COCC(=O)N1C[C@H](CC(C)C)N(C(=O)CSc2ccncc2)CCCCOC[C@@H](O)[C@@H](O)[C@H](OC)C1. The highest BCUT2D eigenvalue weighted by molar-refractivity contribution is 8.00. The third-order valence-corrected chi connectivity index (χ3v) is 7.27. The van der Waals surface area contributed by atoms with Crippen LogP contribution in [0.1, 0.15) is 33.1 Å². The first-order valence-corrected chi connectivity index (χ1v) is 13.8. The van der Waals surface area contributed by atoms with E-state index in [-0.39, 0.29) is 55.8 Å². The van der Waals surface area contributed by atoms with Gasteiger partial charge in [0.25, 0.3) is 0 Å². The van der Waals surface area contributed by atoms with Crippen LogP contribution in [-0.4, -0.2) is 121 Å². The zero-order valence-electron chi connectivity index (χ0n) is 22.5. The van der Waals surface area contributed by atoms with Gasteiger partial charge in [-0.15, -0.1) is 11.8 Å². The number of hydrogen-bond acceptors (Lipinski definition) is 9. The van der Waals surface area contributed by atoms with Crippen molar-refractivity contribution in [3.63, 3.8) is 0 Å². The van der Waals surface area contributed by atoms with E-state index in [1.54, 1.807) is 17.3 Å². The molecule has 2 heterocycles. The molecular formula is C26H43N3O7S. The van der Waals surface area contributed by atoms with Gasteiger partial charge in [0, 0.05) is 63.8 Å². The Labute approximate surface area is 224 Å². The smallest absolute Gasteiger partial charge is 0.248 e. The highest BCUT2D eigenvalue weighted by Gasteiger charge is 2.33. The molecule has 10 nitrogen and oxygen atoms in total. The number of hydrogen-bond donors (Lipinski definition) is 2. The van der Waals surface area contributed by atoms with Crippen LogP contribution < -0.4 is 0 Å². The molecule has 2 N–H and O–H groups in total. The minimum atomic E-state index is -1.25. The normalized spacial score (nSPS) is 24.6. The van der Waals surface area contributed by atoms with Gasteiger partial charge >= 0.3 is 0 Å². The Bertz CT molecular complexity index is 802. The van der Waals surface area contributed by atoms with Crippen LogP contribution in [0.15, 0.2) is 29.4 Å². The summed E-state index contributed by atoms with van der Waals surface area (Å²) in [5.41, 5.74) is 0. The molecule has 1 aromatic rings. The third kappa shape index (κ3) is 10.9. The molecule has 0 bridgehead atoms. The Kier molecular flexibility index (Phi) is 14.4. The molecule has 37 heavy (non-hydrogen) atoms. The van der Waals surface area contributed by atoms with Gasteiger partial charge in [0.1, 0.15) is 24.9 Å². The lowest BCUT2D eigenvalue weighted by Gasteiger charge is -2.38. The van der Waals surface area contributed by atoms with Gasteiger partial charge in [0.15, 0.2) is 0 Å². The molecule has 4 atom stereocenters. The molecule has 210 valence electrons. The summed E-state index contributed by atoms with van der Waals surface area (Å²) in [4.78, 5) is 35.1. The van der Waals surface area contributed by atoms with E-state index in [2.05, 4.69) is 18.8 Å². The van der Waals surface area contributed by atoms with Crippen molar-refractivity contribution in [2.75, 3.05) is 59.4 Å². The minimum absolute atomic E-state index is 0.00152. The second-order valence-electron chi connectivity index (χ2n) is 9.69. The largest absolute Gasteiger partial charge is 0.388 e. The summed E-state index contributed by atoms with van der Waals surface area (Å²) in [7, 11) is 2.88. The summed E-state index contributed by atoms with van der Waals surface area (Å²) in [6.07, 6.45) is 2.27. The summed E-state index contributed by atoms with van der Waals surface area (Å²) in [6.45, 7) is 5.24. The van der Waals surface area contributed by atoms with Crippen molar-refractivity contribution in [1.29, 1.82) is 0 Å². The van der Waals surface area contributed by atoms with Gasteiger partial charge in [0.05, 0.1) is 12.4 Å². The van der Waals surface area contributed by atoms with E-state index in [0.29, 0.717) is 32.4 Å². The molecule has 1 fully saturated rings. The van der Waals surface area contributed by atoms with Crippen molar-refractivity contribution >= 4 is 23.6 Å². The third-order valence-electron chi connectivity index (χ3n) is 6.27. The summed E-state index contributed by atoms with van der Waals surface area (Å²) >= 11 is 1.46. The number of aliphatic hydroxyl groups excluding tert-OH is 2. The number of carbonyl (C=O) groups excluding carboxylic acids is 2. The highest BCUT2D eigenvalue weighted by atomic mass is 32.2. The molecule has 0 radical (unpaired) electrons. The number of aliphatic hydroxyl groups is 2. The van der Waals surface area contributed by atoms with Gasteiger partial charge < -0.3 is 34.2 Å². The van der Waals surface area contributed by atoms with Crippen molar-refractivity contribution in [2.24, 2.45) is 5.92 Å². The standard InChI is InChI=1S/C26H43N3O7S/c1-19(2)13-20-14-28(24(31)17-34-3)15-23(35-4)26(33)22(30)16-36-12-6-5-11-29(20)25(32)18-37-21-7-9-27-10-8-21/h7-10,19-20,22-23,26,30,33H,5-6,11-18H2,1-4H3/t20-,22+,23+,26+/m0/s1. The lowest BCUT2D eigenvalue weighted by molar-refractivity contribution is -0.145. The molecule has 1 aromatic heterocycles. The predicted molar refractivity (Wildman–Crippen MR) is 141 cm³/mol. The zero-order valence-corrected chi connectivity index (χ0v) is 23.3. The number of aromatic nitrogens is 1. The fraction of sp³-hybridized carbons (Fsp3) is 0.731. The fourth-order valence-electron chi connectivity index (χ4n) is 4.34. The Morgan fingerprint density at radius 2 is 1.89 bits per heavy atom.